The maximum absolute atomic E-state index is 11.7. The lowest BCUT2D eigenvalue weighted by molar-refractivity contribution is -0.145. The lowest BCUT2D eigenvalue weighted by Crippen LogP contribution is -2.34. The number of nitrogens with zero attached hydrogens (tertiary/aromatic N) is 2. The van der Waals surface area contributed by atoms with Crippen molar-refractivity contribution in [1.29, 1.82) is 5.26 Å². The topological polar surface area (TPSA) is 90.6 Å². The summed E-state index contributed by atoms with van der Waals surface area (Å²) in [7, 11) is 1.64. The van der Waals surface area contributed by atoms with Crippen LogP contribution in [0.4, 0.5) is 0 Å². The molecule has 1 saturated carbocycles. The Balaban J connectivity index is 2.21. The van der Waals surface area contributed by atoms with E-state index in [1.54, 1.807) is 7.05 Å². The van der Waals surface area contributed by atoms with E-state index in [0.717, 1.165) is 0 Å². The predicted molar refractivity (Wildman–Crippen MR) is 67.2 cm³/mol. The molecule has 0 aliphatic heterocycles. The fraction of sp³-hybridized carbons (Fsp3) is 0.769. The number of aliphatic carboxylic acids is 1. The Morgan fingerprint density at radius 2 is 2.00 bits per heavy atom. The summed E-state index contributed by atoms with van der Waals surface area (Å²) in [5.74, 6) is -1.16. The summed E-state index contributed by atoms with van der Waals surface area (Å²) in [5, 5.41) is 17.3. The van der Waals surface area contributed by atoms with Gasteiger partial charge in [0.1, 0.15) is 6.61 Å². The highest BCUT2D eigenvalue weighted by Crippen LogP contribution is 2.26. The Labute approximate surface area is 112 Å². The van der Waals surface area contributed by atoms with Crippen LogP contribution in [0.2, 0.25) is 0 Å². The molecule has 106 valence electrons. The quantitative estimate of drug-likeness (QED) is 0.776. The van der Waals surface area contributed by atoms with Crippen LogP contribution in [-0.4, -0.2) is 48.2 Å². The standard InChI is InChI=1S/C13H20N2O4/c1-15(8-2-7-14)12(16)9-19-11-5-3-10(4-6-11)13(17)18/h10-11H,2-6,8-9H2,1H3,(H,17,18). The number of carboxylic acids is 1. The Morgan fingerprint density at radius 1 is 1.37 bits per heavy atom. The van der Waals surface area contributed by atoms with Crippen LogP contribution in [0, 0.1) is 17.2 Å². The van der Waals surface area contributed by atoms with Gasteiger partial charge >= 0.3 is 5.97 Å². The number of likely N-dealkylation sites (N-methyl/N-ethyl adjacent to an activating group) is 1. The van der Waals surface area contributed by atoms with E-state index in [0.29, 0.717) is 38.6 Å². The maximum Gasteiger partial charge on any atom is 0.306 e. The van der Waals surface area contributed by atoms with Crippen LogP contribution in [-0.2, 0) is 14.3 Å². The average molecular weight is 268 g/mol. The van der Waals surface area contributed by atoms with Crippen LogP contribution >= 0.6 is 0 Å². The van der Waals surface area contributed by atoms with Gasteiger partial charge in [0, 0.05) is 13.6 Å². The molecular weight excluding hydrogens is 248 g/mol. The fourth-order valence-corrected chi connectivity index (χ4v) is 2.12. The van der Waals surface area contributed by atoms with Gasteiger partial charge in [-0.3, -0.25) is 9.59 Å². The number of carbonyl (C=O) groups is 2. The number of hydrogen-bond donors (Lipinski definition) is 1. The first kappa shape index (κ1) is 15.4. The van der Waals surface area contributed by atoms with Gasteiger partial charge in [0.15, 0.2) is 0 Å². The third-order valence-corrected chi connectivity index (χ3v) is 3.45. The summed E-state index contributed by atoms with van der Waals surface area (Å²) < 4.78 is 5.51. The van der Waals surface area contributed by atoms with Crippen molar-refractivity contribution in [2.75, 3.05) is 20.2 Å². The summed E-state index contributed by atoms with van der Waals surface area (Å²) in [4.78, 5) is 23.9. The van der Waals surface area contributed by atoms with Gasteiger partial charge in [0.2, 0.25) is 5.91 Å². The zero-order valence-corrected chi connectivity index (χ0v) is 11.2. The fourth-order valence-electron chi connectivity index (χ4n) is 2.12. The number of ether oxygens (including phenoxy) is 1. The minimum absolute atomic E-state index is 0.00430. The van der Waals surface area contributed by atoms with E-state index in [4.69, 9.17) is 15.1 Å². The average Bonchev–Trinajstić information content (AvgIpc) is 2.42. The Morgan fingerprint density at radius 3 is 2.53 bits per heavy atom. The molecular formula is C13H20N2O4. The summed E-state index contributed by atoms with van der Waals surface area (Å²) in [6.45, 7) is 0.411. The van der Waals surface area contributed by atoms with Gasteiger partial charge in [0.25, 0.3) is 0 Å². The molecule has 19 heavy (non-hydrogen) atoms. The second-order valence-corrected chi connectivity index (χ2v) is 4.85. The molecule has 6 heteroatoms. The second kappa shape index (κ2) is 7.74. The first-order valence-electron chi connectivity index (χ1n) is 6.50. The minimum atomic E-state index is -0.745. The lowest BCUT2D eigenvalue weighted by atomic mass is 9.87. The molecule has 6 nitrogen and oxygen atoms in total. The summed E-state index contributed by atoms with van der Waals surface area (Å²) in [5.41, 5.74) is 0. The Bertz CT molecular complexity index is 356. The van der Waals surface area contributed by atoms with Crippen LogP contribution in [0.25, 0.3) is 0 Å². The first-order valence-corrected chi connectivity index (χ1v) is 6.50. The molecule has 1 amide bonds. The van der Waals surface area contributed by atoms with Gasteiger partial charge in [-0.05, 0) is 25.7 Å². The van der Waals surface area contributed by atoms with Crippen molar-refractivity contribution in [2.24, 2.45) is 5.92 Å². The number of amides is 1. The smallest absolute Gasteiger partial charge is 0.306 e. The molecule has 0 unspecified atom stereocenters. The molecule has 0 radical (unpaired) electrons. The van der Waals surface area contributed by atoms with Crippen LogP contribution in [0.5, 0.6) is 0 Å². The van der Waals surface area contributed by atoms with Crippen molar-refractivity contribution < 1.29 is 19.4 Å². The SMILES string of the molecule is CN(CCC#N)C(=O)COC1CCC(C(=O)O)CC1. The molecule has 0 atom stereocenters. The number of hydrogen-bond acceptors (Lipinski definition) is 4. The first-order chi connectivity index (χ1) is 9.04. The van der Waals surface area contributed by atoms with Crippen LogP contribution in [0.1, 0.15) is 32.1 Å². The van der Waals surface area contributed by atoms with Crippen molar-refractivity contribution in [3.05, 3.63) is 0 Å². The van der Waals surface area contributed by atoms with E-state index in [2.05, 4.69) is 0 Å². The third-order valence-electron chi connectivity index (χ3n) is 3.45. The van der Waals surface area contributed by atoms with Gasteiger partial charge in [-0.25, -0.2) is 0 Å². The number of rotatable bonds is 6. The molecule has 0 heterocycles. The Kier molecular flexibility index (Phi) is 6.30. The minimum Gasteiger partial charge on any atom is -0.481 e. The summed E-state index contributed by atoms with van der Waals surface area (Å²) in [6, 6.07) is 1.98. The van der Waals surface area contributed by atoms with E-state index < -0.39 is 5.97 Å². The van der Waals surface area contributed by atoms with Gasteiger partial charge < -0.3 is 14.7 Å². The monoisotopic (exact) mass is 268 g/mol. The lowest BCUT2D eigenvalue weighted by Gasteiger charge is -2.26. The second-order valence-electron chi connectivity index (χ2n) is 4.85. The van der Waals surface area contributed by atoms with Crippen molar-refractivity contribution >= 4 is 11.9 Å². The zero-order chi connectivity index (χ0) is 14.3. The summed E-state index contributed by atoms with van der Waals surface area (Å²) in [6.07, 6.45) is 2.88. The number of carbonyl (C=O) groups excluding carboxylic acids is 1. The van der Waals surface area contributed by atoms with Crippen LogP contribution in [0.15, 0.2) is 0 Å². The van der Waals surface area contributed by atoms with E-state index in [-0.39, 0.29) is 24.5 Å². The van der Waals surface area contributed by atoms with Crippen molar-refractivity contribution in [1.82, 2.24) is 4.90 Å². The molecule has 1 aliphatic rings. The normalized spacial score (nSPS) is 22.5. The third kappa shape index (κ3) is 5.26. The van der Waals surface area contributed by atoms with Gasteiger partial charge in [-0.1, -0.05) is 0 Å². The zero-order valence-electron chi connectivity index (χ0n) is 11.2. The Hall–Kier alpha value is -1.61. The summed E-state index contributed by atoms with van der Waals surface area (Å²) >= 11 is 0. The molecule has 0 aromatic rings. The van der Waals surface area contributed by atoms with Crippen LogP contribution < -0.4 is 0 Å². The number of nitriles is 1. The van der Waals surface area contributed by atoms with E-state index in [1.807, 2.05) is 6.07 Å². The highest BCUT2D eigenvalue weighted by Gasteiger charge is 2.26. The molecule has 0 bridgehead atoms. The van der Waals surface area contributed by atoms with Crippen molar-refractivity contribution in [2.45, 2.75) is 38.2 Å². The highest BCUT2D eigenvalue weighted by atomic mass is 16.5. The molecule has 1 N–H and O–H groups in total. The molecule has 1 fully saturated rings. The van der Waals surface area contributed by atoms with Crippen LogP contribution in [0.3, 0.4) is 0 Å². The molecule has 1 aliphatic carbocycles. The van der Waals surface area contributed by atoms with Gasteiger partial charge in [-0.2, -0.15) is 5.26 Å². The van der Waals surface area contributed by atoms with Gasteiger partial charge in [-0.15, -0.1) is 0 Å². The van der Waals surface area contributed by atoms with Crippen molar-refractivity contribution in [3.63, 3.8) is 0 Å². The van der Waals surface area contributed by atoms with E-state index in [9.17, 15) is 9.59 Å². The maximum atomic E-state index is 11.7. The van der Waals surface area contributed by atoms with Crippen molar-refractivity contribution in [3.8, 4) is 6.07 Å². The number of carboxylic acid groups (broad SMARTS) is 1. The predicted octanol–water partition coefficient (Wildman–Crippen LogP) is 1.02. The van der Waals surface area contributed by atoms with E-state index in [1.165, 1.54) is 4.90 Å². The highest BCUT2D eigenvalue weighted by molar-refractivity contribution is 5.77. The molecule has 0 aromatic heterocycles. The molecule has 0 saturated heterocycles. The van der Waals surface area contributed by atoms with E-state index >= 15 is 0 Å². The molecule has 0 spiro atoms. The van der Waals surface area contributed by atoms with Gasteiger partial charge in [0.05, 0.1) is 24.5 Å². The largest absolute Gasteiger partial charge is 0.481 e. The molecule has 0 aromatic carbocycles. The molecule has 1 rings (SSSR count).